The number of H-pyrrole nitrogens is 1. The van der Waals surface area contributed by atoms with E-state index in [-0.39, 0.29) is 18.3 Å². The zero-order chi connectivity index (χ0) is 11.3. The van der Waals surface area contributed by atoms with E-state index in [1.807, 2.05) is 6.92 Å². The Labute approximate surface area is 88.1 Å². The van der Waals surface area contributed by atoms with Crippen LogP contribution in [0, 0.1) is 0 Å². The molecule has 1 aromatic heterocycles. The number of aromatic nitrogens is 3. The maximum Gasteiger partial charge on any atom is 0.291 e. The Bertz CT molecular complexity index is 322. The van der Waals surface area contributed by atoms with Gasteiger partial charge in [0.05, 0.1) is 6.10 Å². The van der Waals surface area contributed by atoms with Gasteiger partial charge >= 0.3 is 0 Å². The van der Waals surface area contributed by atoms with Crippen molar-refractivity contribution in [1.82, 2.24) is 20.5 Å². The van der Waals surface area contributed by atoms with E-state index in [1.54, 1.807) is 6.92 Å². The van der Waals surface area contributed by atoms with E-state index in [9.17, 15) is 4.79 Å². The number of aliphatic hydroxyl groups excluding tert-OH is 1. The topological polar surface area (TPSA) is 90.9 Å². The number of hydrogen-bond acceptors (Lipinski definition) is 4. The van der Waals surface area contributed by atoms with Gasteiger partial charge in [-0.3, -0.25) is 9.89 Å². The molecule has 1 rings (SSSR count). The minimum Gasteiger partial charge on any atom is -0.392 e. The molecule has 0 bridgehead atoms. The Morgan fingerprint density at radius 2 is 2.40 bits per heavy atom. The van der Waals surface area contributed by atoms with Gasteiger partial charge in [0.2, 0.25) is 5.82 Å². The summed E-state index contributed by atoms with van der Waals surface area (Å²) in [5, 5.41) is 18.0. The van der Waals surface area contributed by atoms with Crippen LogP contribution in [0.5, 0.6) is 0 Å². The van der Waals surface area contributed by atoms with Crippen LogP contribution in [0.1, 0.15) is 36.7 Å². The number of aromatic amines is 1. The third kappa shape index (κ3) is 3.67. The summed E-state index contributed by atoms with van der Waals surface area (Å²) in [7, 11) is 0. The van der Waals surface area contributed by atoms with Crippen LogP contribution >= 0.6 is 0 Å². The number of carbonyl (C=O) groups is 1. The number of hydrogen-bond donors (Lipinski definition) is 3. The molecule has 1 atom stereocenters. The summed E-state index contributed by atoms with van der Waals surface area (Å²) in [6, 6.07) is 0. The number of aryl methyl sites for hydroxylation is 1. The Kier molecular flexibility index (Phi) is 4.23. The van der Waals surface area contributed by atoms with E-state index in [4.69, 9.17) is 5.11 Å². The molecule has 84 valence electrons. The molecule has 15 heavy (non-hydrogen) atoms. The fourth-order valence-electron chi connectivity index (χ4n) is 1.06. The third-order valence-electron chi connectivity index (χ3n) is 1.78. The van der Waals surface area contributed by atoms with Crippen molar-refractivity contribution in [2.45, 2.75) is 32.8 Å². The quantitative estimate of drug-likeness (QED) is 0.634. The summed E-state index contributed by atoms with van der Waals surface area (Å²) in [4.78, 5) is 15.4. The third-order valence-corrected chi connectivity index (χ3v) is 1.78. The summed E-state index contributed by atoms with van der Waals surface area (Å²) >= 11 is 0. The second kappa shape index (κ2) is 5.45. The van der Waals surface area contributed by atoms with Gasteiger partial charge in [-0.05, 0) is 13.3 Å². The predicted octanol–water partition coefficient (Wildman–Crippen LogP) is -0.132. The summed E-state index contributed by atoms with van der Waals surface area (Å²) in [6.45, 7) is 3.83. The van der Waals surface area contributed by atoms with Gasteiger partial charge in [0.1, 0.15) is 5.82 Å². The van der Waals surface area contributed by atoms with Crippen LogP contribution in [-0.2, 0) is 6.42 Å². The second-order valence-corrected chi connectivity index (χ2v) is 3.41. The zero-order valence-corrected chi connectivity index (χ0v) is 8.95. The monoisotopic (exact) mass is 212 g/mol. The molecule has 0 radical (unpaired) electrons. The molecule has 6 nitrogen and oxygen atoms in total. The van der Waals surface area contributed by atoms with Crippen molar-refractivity contribution in [3.8, 4) is 0 Å². The molecular weight excluding hydrogens is 196 g/mol. The first-order chi connectivity index (χ1) is 7.13. The first kappa shape index (κ1) is 11.6. The lowest BCUT2D eigenvalue weighted by Gasteiger charge is -2.03. The average Bonchev–Trinajstić information content (AvgIpc) is 2.63. The van der Waals surface area contributed by atoms with Crippen molar-refractivity contribution < 1.29 is 9.90 Å². The molecule has 1 amide bonds. The van der Waals surface area contributed by atoms with Gasteiger partial charge in [-0.1, -0.05) is 6.92 Å². The maximum absolute atomic E-state index is 11.4. The lowest BCUT2D eigenvalue weighted by atomic mass is 10.3. The van der Waals surface area contributed by atoms with Crippen LogP contribution in [0.4, 0.5) is 0 Å². The summed E-state index contributed by atoms with van der Waals surface area (Å²) < 4.78 is 0. The van der Waals surface area contributed by atoms with E-state index in [0.717, 1.165) is 12.8 Å². The Hall–Kier alpha value is -1.43. The van der Waals surface area contributed by atoms with Crippen molar-refractivity contribution in [3.05, 3.63) is 11.6 Å². The van der Waals surface area contributed by atoms with Crippen molar-refractivity contribution in [2.24, 2.45) is 0 Å². The van der Waals surface area contributed by atoms with Crippen LogP contribution < -0.4 is 5.32 Å². The fraction of sp³-hybridized carbons (Fsp3) is 0.667. The molecule has 3 N–H and O–H groups in total. The number of nitrogens with zero attached hydrogens (tertiary/aromatic N) is 2. The second-order valence-electron chi connectivity index (χ2n) is 3.41. The highest BCUT2D eigenvalue weighted by Crippen LogP contribution is 1.96. The SMILES string of the molecule is CCCc1nc(C(=O)NCC(C)O)n[nH]1. The lowest BCUT2D eigenvalue weighted by molar-refractivity contribution is 0.0914. The van der Waals surface area contributed by atoms with Crippen LogP contribution in [-0.4, -0.2) is 38.8 Å². The molecule has 0 fully saturated rings. The minimum absolute atomic E-state index is 0.124. The molecular formula is C9H16N4O2. The molecule has 6 heteroatoms. The van der Waals surface area contributed by atoms with E-state index >= 15 is 0 Å². The van der Waals surface area contributed by atoms with E-state index < -0.39 is 6.10 Å². The molecule has 0 aromatic carbocycles. The van der Waals surface area contributed by atoms with Gasteiger partial charge in [-0.25, -0.2) is 4.98 Å². The molecule has 1 aromatic rings. The molecule has 1 unspecified atom stereocenters. The Balaban J connectivity index is 2.50. The van der Waals surface area contributed by atoms with Crippen LogP contribution in [0.3, 0.4) is 0 Å². The van der Waals surface area contributed by atoms with Crippen molar-refractivity contribution in [1.29, 1.82) is 0 Å². The molecule has 0 aliphatic heterocycles. The molecule has 0 saturated carbocycles. The maximum atomic E-state index is 11.4. The molecule has 0 spiro atoms. The Morgan fingerprint density at radius 3 is 3.00 bits per heavy atom. The number of rotatable bonds is 5. The number of aliphatic hydroxyl groups is 1. The standard InChI is InChI=1S/C9H16N4O2/c1-3-4-7-11-8(13-12-7)9(15)10-5-6(2)14/h6,14H,3-5H2,1-2H3,(H,10,15)(H,11,12,13). The highest BCUT2D eigenvalue weighted by atomic mass is 16.3. The zero-order valence-electron chi connectivity index (χ0n) is 8.95. The molecule has 1 heterocycles. The van der Waals surface area contributed by atoms with Crippen LogP contribution in [0.2, 0.25) is 0 Å². The smallest absolute Gasteiger partial charge is 0.291 e. The first-order valence-corrected chi connectivity index (χ1v) is 5.01. The molecule has 0 saturated heterocycles. The van der Waals surface area contributed by atoms with E-state index in [0.29, 0.717) is 5.82 Å². The van der Waals surface area contributed by atoms with Gasteiger partial charge in [0.15, 0.2) is 0 Å². The Morgan fingerprint density at radius 1 is 1.67 bits per heavy atom. The molecule has 0 aliphatic rings. The first-order valence-electron chi connectivity index (χ1n) is 5.01. The van der Waals surface area contributed by atoms with Crippen LogP contribution in [0.15, 0.2) is 0 Å². The van der Waals surface area contributed by atoms with Crippen molar-refractivity contribution >= 4 is 5.91 Å². The van der Waals surface area contributed by atoms with Crippen molar-refractivity contribution in [2.75, 3.05) is 6.54 Å². The number of carbonyl (C=O) groups excluding carboxylic acids is 1. The van der Waals surface area contributed by atoms with Crippen LogP contribution in [0.25, 0.3) is 0 Å². The highest BCUT2D eigenvalue weighted by Gasteiger charge is 2.11. The van der Waals surface area contributed by atoms with Crippen molar-refractivity contribution in [3.63, 3.8) is 0 Å². The van der Waals surface area contributed by atoms with E-state index in [2.05, 4.69) is 20.5 Å². The predicted molar refractivity (Wildman–Crippen MR) is 54.4 cm³/mol. The van der Waals surface area contributed by atoms with Gasteiger partial charge in [-0.2, -0.15) is 0 Å². The minimum atomic E-state index is -0.567. The summed E-state index contributed by atoms with van der Waals surface area (Å²) in [5.41, 5.74) is 0. The van der Waals surface area contributed by atoms with Gasteiger partial charge in [0.25, 0.3) is 5.91 Å². The number of amides is 1. The van der Waals surface area contributed by atoms with Gasteiger partial charge < -0.3 is 10.4 Å². The average molecular weight is 212 g/mol. The molecule has 0 aliphatic carbocycles. The largest absolute Gasteiger partial charge is 0.392 e. The number of nitrogens with one attached hydrogen (secondary N) is 2. The lowest BCUT2D eigenvalue weighted by Crippen LogP contribution is -2.31. The summed E-state index contributed by atoms with van der Waals surface area (Å²) in [5.74, 6) is 0.466. The van der Waals surface area contributed by atoms with E-state index in [1.165, 1.54) is 0 Å². The highest BCUT2D eigenvalue weighted by molar-refractivity contribution is 5.90. The van der Waals surface area contributed by atoms with Gasteiger partial charge in [-0.15, -0.1) is 5.10 Å². The van der Waals surface area contributed by atoms with Gasteiger partial charge in [0, 0.05) is 13.0 Å². The summed E-state index contributed by atoms with van der Waals surface area (Å²) in [6.07, 6.45) is 1.16. The fourth-order valence-corrected chi connectivity index (χ4v) is 1.06. The normalized spacial score (nSPS) is 12.5.